The lowest BCUT2D eigenvalue weighted by Gasteiger charge is -2.16. The van der Waals surface area contributed by atoms with E-state index in [1.54, 1.807) is 0 Å². The lowest BCUT2D eigenvalue weighted by atomic mass is 9.93. The van der Waals surface area contributed by atoms with Crippen molar-refractivity contribution < 1.29 is 9.05 Å². The maximum absolute atomic E-state index is 6.85. The van der Waals surface area contributed by atoms with Gasteiger partial charge in [0.25, 0.3) is 0 Å². The summed E-state index contributed by atoms with van der Waals surface area (Å²) in [7, 11) is 0. The smallest absolute Gasteiger partial charge is 0.143 e. The zero-order valence-electron chi connectivity index (χ0n) is 18.9. The Morgan fingerprint density at radius 3 is 2.21 bits per heavy atom. The first-order valence-electron chi connectivity index (χ1n) is 10.7. The van der Waals surface area contributed by atoms with E-state index in [9.17, 15) is 0 Å². The highest BCUT2D eigenvalue weighted by Gasteiger charge is 2.22. The molecule has 0 saturated carbocycles. The second-order valence-corrected chi connectivity index (χ2v) is 8.73. The summed E-state index contributed by atoms with van der Waals surface area (Å²) in [6, 6.07) is 13.8. The minimum atomic E-state index is 0.574. The normalized spacial score (nSPS) is 11.4. The fraction of sp³-hybridized carbons (Fsp3) is 0.192. The van der Waals surface area contributed by atoms with Crippen molar-refractivity contribution in [1.29, 1.82) is 0 Å². The lowest BCUT2D eigenvalue weighted by molar-refractivity contribution is 0.393. The van der Waals surface area contributed by atoms with Crippen molar-refractivity contribution in [3.05, 3.63) is 81.5 Å². The van der Waals surface area contributed by atoms with Gasteiger partial charge in [-0.15, -0.1) is 0 Å². The first kappa shape index (κ1) is 21.2. The van der Waals surface area contributed by atoms with Crippen molar-refractivity contribution in [2.24, 2.45) is 0 Å². The second kappa shape index (κ2) is 8.05. The van der Waals surface area contributed by atoms with Gasteiger partial charge in [-0.2, -0.15) is 0 Å². The molecule has 0 spiro atoms. The fourth-order valence-electron chi connectivity index (χ4n) is 4.44. The number of nitrogens with two attached hydrogens (primary N) is 1. The van der Waals surface area contributed by atoms with Gasteiger partial charge in [0.15, 0.2) is 0 Å². The van der Waals surface area contributed by atoms with Crippen molar-refractivity contribution in [2.45, 2.75) is 34.1 Å². The summed E-state index contributed by atoms with van der Waals surface area (Å²) in [5, 5.41) is 9.78. The number of fused-ring (bicyclic) bond motifs is 1. The van der Waals surface area contributed by atoms with Crippen LogP contribution in [0.3, 0.4) is 0 Å². The Kier molecular flexibility index (Phi) is 5.17. The third-order valence-corrected chi connectivity index (χ3v) is 6.23. The highest BCUT2D eigenvalue weighted by molar-refractivity contribution is 6.30. The molecule has 3 heterocycles. The summed E-state index contributed by atoms with van der Waals surface area (Å²) in [6.07, 6.45) is 0.574. The molecule has 0 aliphatic heterocycles. The molecule has 5 rings (SSSR count). The number of nitrogens with zero attached hydrogens (tertiary/aromatic N) is 3. The van der Waals surface area contributed by atoms with E-state index in [0.29, 0.717) is 22.9 Å². The monoisotopic (exact) mass is 458 g/mol. The molecule has 5 aromatic rings. The Balaban J connectivity index is 1.77. The number of nitrogen functional groups attached to an aromatic ring is 1. The van der Waals surface area contributed by atoms with Crippen molar-refractivity contribution >= 4 is 28.2 Å². The summed E-state index contributed by atoms with van der Waals surface area (Å²) in [5.74, 6) is 1.48. The molecular weight excluding hydrogens is 436 g/mol. The highest BCUT2D eigenvalue weighted by atomic mass is 35.5. The number of hydrogen-bond acceptors (Lipinski definition) is 6. The quantitative estimate of drug-likeness (QED) is 0.326. The minimum Gasteiger partial charge on any atom is -0.398 e. The van der Waals surface area contributed by atoms with Crippen molar-refractivity contribution in [3.63, 3.8) is 0 Å². The van der Waals surface area contributed by atoms with Crippen LogP contribution in [0.25, 0.3) is 33.3 Å². The van der Waals surface area contributed by atoms with E-state index >= 15 is 0 Å². The molecule has 0 bridgehead atoms. The summed E-state index contributed by atoms with van der Waals surface area (Å²) in [5.41, 5.74) is 15.5. The van der Waals surface area contributed by atoms with Crippen LogP contribution in [0.4, 0.5) is 5.69 Å². The van der Waals surface area contributed by atoms with Crippen molar-refractivity contribution in [3.8, 4) is 22.4 Å². The lowest BCUT2D eigenvalue weighted by Crippen LogP contribution is -2.04. The summed E-state index contributed by atoms with van der Waals surface area (Å²) in [6.45, 7) is 7.65. The van der Waals surface area contributed by atoms with Crippen LogP contribution in [0.1, 0.15) is 34.0 Å². The van der Waals surface area contributed by atoms with E-state index in [-0.39, 0.29) is 0 Å². The minimum absolute atomic E-state index is 0.574. The third-order valence-electron chi connectivity index (χ3n) is 5.99. The van der Waals surface area contributed by atoms with Gasteiger partial charge in [-0.05, 0) is 63.1 Å². The predicted octanol–water partition coefficient (Wildman–Crippen LogP) is 6.60. The van der Waals surface area contributed by atoms with Gasteiger partial charge >= 0.3 is 0 Å². The largest absolute Gasteiger partial charge is 0.398 e. The SMILES string of the molecule is Cc1noc(C)c1-c1ccc2nc(-c3c(C)noc3C)c(Cc3cccc(Cl)c3)c(N)c2c1. The molecular formula is C26H23ClN4O2. The molecule has 0 amide bonds. The zero-order chi connectivity index (χ0) is 23.3. The molecule has 6 nitrogen and oxygen atoms in total. The molecule has 0 saturated heterocycles. The number of anilines is 1. The van der Waals surface area contributed by atoms with Crippen LogP contribution in [0, 0.1) is 27.7 Å². The van der Waals surface area contributed by atoms with Crippen LogP contribution in [-0.4, -0.2) is 15.3 Å². The topological polar surface area (TPSA) is 91.0 Å². The first-order chi connectivity index (χ1) is 15.8. The average molecular weight is 459 g/mol. The van der Waals surface area contributed by atoms with Gasteiger partial charge in [0, 0.05) is 33.6 Å². The van der Waals surface area contributed by atoms with Crippen LogP contribution >= 0.6 is 11.6 Å². The van der Waals surface area contributed by atoms with Gasteiger partial charge in [0.1, 0.15) is 11.5 Å². The van der Waals surface area contributed by atoms with E-state index in [2.05, 4.69) is 16.4 Å². The Morgan fingerprint density at radius 2 is 1.58 bits per heavy atom. The van der Waals surface area contributed by atoms with Gasteiger partial charge < -0.3 is 14.8 Å². The Bertz CT molecular complexity index is 1480. The molecule has 0 atom stereocenters. The second-order valence-electron chi connectivity index (χ2n) is 8.29. The number of hydrogen-bond donors (Lipinski definition) is 1. The Labute approximate surface area is 196 Å². The predicted molar refractivity (Wildman–Crippen MR) is 130 cm³/mol. The molecule has 33 heavy (non-hydrogen) atoms. The standard InChI is InChI=1S/C26H23ClN4O2/c1-13-23(15(3)32-30-13)18-8-9-22-20(12-18)25(28)21(11-17-6-5-7-19(27)10-17)26(29-22)24-14(2)31-33-16(24)4/h5-10,12H,11H2,1-4H3,(H2,28,29). The number of pyridine rings is 1. The van der Waals surface area contributed by atoms with Gasteiger partial charge in [0.05, 0.1) is 28.2 Å². The number of benzene rings is 2. The molecule has 2 N–H and O–H groups in total. The first-order valence-corrected chi connectivity index (χ1v) is 11.0. The third kappa shape index (κ3) is 3.66. The van der Waals surface area contributed by atoms with E-state index < -0.39 is 0 Å². The Hall–Kier alpha value is -3.64. The van der Waals surface area contributed by atoms with Gasteiger partial charge in [0.2, 0.25) is 0 Å². The molecule has 0 aliphatic carbocycles. The fourth-order valence-corrected chi connectivity index (χ4v) is 4.65. The molecule has 0 fully saturated rings. The highest BCUT2D eigenvalue weighted by Crippen LogP contribution is 2.38. The van der Waals surface area contributed by atoms with Crippen LogP contribution in [-0.2, 0) is 6.42 Å². The molecule has 0 unspecified atom stereocenters. The summed E-state index contributed by atoms with van der Waals surface area (Å²) >= 11 is 6.26. The molecule has 2 aromatic carbocycles. The van der Waals surface area contributed by atoms with Crippen LogP contribution < -0.4 is 5.73 Å². The number of aromatic nitrogens is 3. The van der Waals surface area contributed by atoms with E-state index in [1.165, 1.54) is 0 Å². The number of halogens is 1. The molecule has 7 heteroatoms. The zero-order valence-corrected chi connectivity index (χ0v) is 19.6. The maximum Gasteiger partial charge on any atom is 0.143 e. The summed E-state index contributed by atoms with van der Waals surface area (Å²) < 4.78 is 10.8. The van der Waals surface area contributed by atoms with E-state index in [4.69, 9.17) is 31.4 Å². The van der Waals surface area contributed by atoms with Crippen molar-refractivity contribution in [1.82, 2.24) is 15.3 Å². The average Bonchev–Trinajstić information content (AvgIpc) is 3.30. The maximum atomic E-state index is 6.85. The Morgan fingerprint density at radius 1 is 0.879 bits per heavy atom. The van der Waals surface area contributed by atoms with E-state index in [0.717, 1.165) is 61.6 Å². The van der Waals surface area contributed by atoms with Gasteiger partial charge in [-0.3, -0.25) is 0 Å². The van der Waals surface area contributed by atoms with Gasteiger partial charge in [-0.1, -0.05) is 40.1 Å². The molecule has 3 aromatic heterocycles. The van der Waals surface area contributed by atoms with Crippen LogP contribution in [0.2, 0.25) is 5.02 Å². The molecule has 0 radical (unpaired) electrons. The van der Waals surface area contributed by atoms with Crippen LogP contribution in [0.5, 0.6) is 0 Å². The number of aryl methyl sites for hydroxylation is 4. The van der Waals surface area contributed by atoms with Crippen molar-refractivity contribution in [2.75, 3.05) is 5.73 Å². The van der Waals surface area contributed by atoms with E-state index in [1.807, 2.05) is 64.1 Å². The summed E-state index contributed by atoms with van der Waals surface area (Å²) in [4.78, 5) is 5.03. The molecule has 166 valence electrons. The molecule has 0 aliphatic rings. The number of rotatable bonds is 4. The van der Waals surface area contributed by atoms with Gasteiger partial charge in [-0.25, -0.2) is 4.98 Å². The van der Waals surface area contributed by atoms with Crippen LogP contribution in [0.15, 0.2) is 51.5 Å².